The van der Waals surface area contributed by atoms with Gasteiger partial charge in [0.1, 0.15) is 11.6 Å². The third kappa shape index (κ3) is 4.57. The van der Waals surface area contributed by atoms with Crippen LogP contribution in [0.5, 0.6) is 0 Å². The lowest BCUT2D eigenvalue weighted by atomic mass is 9.92. The molecule has 0 aliphatic carbocycles. The molecule has 0 saturated carbocycles. The highest BCUT2D eigenvalue weighted by Gasteiger charge is 2.36. The highest BCUT2D eigenvalue weighted by atomic mass is 16.6. The maximum Gasteiger partial charge on any atom is 0.271 e. The van der Waals surface area contributed by atoms with Gasteiger partial charge in [-0.3, -0.25) is 24.6 Å². The van der Waals surface area contributed by atoms with E-state index in [0.717, 1.165) is 10.6 Å². The molecule has 9 heteroatoms. The SMILES string of the molecule is CC1=C(C#N)C(=O)N(CC(C)C)C(=O)/C1=C/c1cn(-c2ccccc2)nc1-c1ccc([N+](=O)[O-])cc1. The number of carbonyl (C=O) groups excluding carboxylic acids is 2. The standard InChI is InChI=1S/C27H23N5O4/c1-17(2)15-30-26(33)23(18(3)24(14-28)27(30)34)13-20-16-31(21-7-5-4-6-8-21)29-25(20)19-9-11-22(12-10-19)32(35)36/h4-13,16-17H,15H2,1-3H3/b23-13+. The van der Waals surface area contributed by atoms with Crippen molar-refractivity contribution < 1.29 is 14.5 Å². The number of carbonyl (C=O) groups is 2. The van der Waals surface area contributed by atoms with Crippen LogP contribution in [0.1, 0.15) is 26.3 Å². The van der Waals surface area contributed by atoms with E-state index < -0.39 is 16.7 Å². The number of amides is 2. The van der Waals surface area contributed by atoms with Crippen molar-refractivity contribution in [3.8, 4) is 23.0 Å². The van der Waals surface area contributed by atoms with E-state index in [2.05, 4.69) is 0 Å². The zero-order valence-corrected chi connectivity index (χ0v) is 20.0. The molecule has 4 rings (SSSR count). The van der Waals surface area contributed by atoms with Crippen molar-refractivity contribution in [1.82, 2.24) is 14.7 Å². The van der Waals surface area contributed by atoms with Crippen molar-refractivity contribution in [2.24, 2.45) is 5.92 Å². The first-order valence-corrected chi connectivity index (χ1v) is 11.3. The Kier molecular flexibility index (Phi) is 6.61. The topological polar surface area (TPSA) is 122 Å². The fourth-order valence-corrected chi connectivity index (χ4v) is 3.99. The zero-order valence-electron chi connectivity index (χ0n) is 20.0. The number of benzene rings is 2. The smallest absolute Gasteiger partial charge is 0.271 e. The number of hydrogen-bond acceptors (Lipinski definition) is 6. The van der Waals surface area contributed by atoms with Gasteiger partial charge in [0.05, 0.1) is 16.3 Å². The third-order valence-corrected chi connectivity index (χ3v) is 5.79. The Hall–Kier alpha value is -4.84. The molecule has 0 spiro atoms. The summed E-state index contributed by atoms with van der Waals surface area (Å²) in [6, 6.07) is 17.3. The maximum atomic E-state index is 13.4. The first-order chi connectivity index (χ1) is 17.2. The molecular formula is C27H23N5O4. The number of aromatic nitrogens is 2. The zero-order chi connectivity index (χ0) is 26.0. The van der Waals surface area contributed by atoms with Crippen LogP contribution in [-0.2, 0) is 9.59 Å². The van der Waals surface area contributed by atoms with Gasteiger partial charge in [0.15, 0.2) is 0 Å². The summed E-state index contributed by atoms with van der Waals surface area (Å²) in [6.45, 7) is 5.54. The van der Waals surface area contributed by atoms with E-state index in [1.54, 1.807) is 36.0 Å². The largest absolute Gasteiger partial charge is 0.273 e. The third-order valence-electron chi connectivity index (χ3n) is 5.79. The van der Waals surface area contributed by atoms with Crippen molar-refractivity contribution in [3.63, 3.8) is 0 Å². The number of nitro groups is 1. The van der Waals surface area contributed by atoms with Crippen LogP contribution in [-0.4, -0.2) is 38.0 Å². The number of hydrogen-bond donors (Lipinski definition) is 0. The van der Waals surface area contributed by atoms with Crippen LogP contribution in [0.15, 0.2) is 77.5 Å². The highest BCUT2D eigenvalue weighted by Crippen LogP contribution is 2.32. The lowest BCUT2D eigenvalue weighted by molar-refractivity contribution is -0.384. The molecule has 2 aromatic carbocycles. The summed E-state index contributed by atoms with van der Waals surface area (Å²) in [7, 11) is 0. The second kappa shape index (κ2) is 9.80. The molecule has 9 nitrogen and oxygen atoms in total. The van der Waals surface area contributed by atoms with Gasteiger partial charge in [0, 0.05) is 41.6 Å². The second-order valence-corrected chi connectivity index (χ2v) is 8.80. The predicted molar refractivity (Wildman–Crippen MR) is 134 cm³/mol. The molecule has 0 bridgehead atoms. The number of nitro benzene ring substituents is 1. The summed E-state index contributed by atoms with van der Waals surface area (Å²) < 4.78 is 1.65. The van der Waals surface area contributed by atoms with Gasteiger partial charge < -0.3 is 0 Å². The molecule has 2 amide bonds. The molecule has 3 aromatic rings. The van der Waals surface area contributed by atoms with Crippen LogP contribution in [0.25, 0.3) is 23.0 Å². The van der Waals surface area contributed by atoms with Crippen LogP contribution < -0.4 is 0 Å². The molecule has 2 heterocycles. The number of imide groups is 1. The van der Waals surface area contributed by atoms with Gasteiger partial charge in [0.2, 0.25) is 0 Å². The van der Waals surface area contributed by atoms with Crippen molar-refractivity contribution in [2.45, 2.75) is 20.8 Å². The predicted octanol–water partition coefficient (Wildman–Crippen LogP) is 4.70. The van der Waals surface area contributed by atoms with E-state index >= 15 is 0 Å². The number of rotatable bonds is 6. The monoisotopic (exact) mass is 481 g/mol. The summed E-state index contributed by atoms with van der Waals surface area (Å²) in [4.78, 5) is 37.9. The highest BCUT2D eigenvalue weighted by molar-refractivity contribution is 6.19. The number of para-hydroxylation sites is 1. The fourth-order valence-electron chi connectivity index (χ4n) is 3.99. The van der Waals surface area contributed by atoms with Gasteiger partial charge in [-0.2, -0.15) is 10.4 Å². The molecule has 0 N–H and O–H groups in total. The molecule has 180 valence electrons. The van der Waals surface area contributed by atoms with Crippen LogP contribution in [0, 0.1) is 27.4 Å². The molecule has 0 unspecified atom stereocenters. The van der Waals surface area contributed by atoms with Crippen molar-refractivity contribution in [3.05, 3.63) is 93.2 Å². The summed E-state index contributed by atoms with van der Waals surface area (Å²) in [5, 5.41) is 25.4. The Morgan fingerprint density at radius 2 is 1.75 bits per heavy atom. The number of non-ortho nitro benzene ring substituents is 1. The van der Waals surface area contributed by atoms with Gasteiger partial charge in [-0.1, -0.05) is 32.0 Å². The van der Waals surface area contributed by atoms with E-state index in [4.69, 9.17) is 5.10 Å². The molecule has 0 radical (unpaired) electrons. The summed E-state index contributed by atoms with van der Waals surface area (Å²) in [6.07, 6.45) is 3.37. The average Bonchev–Trinajstić information content (AvgIpc) is 3.29. The molecular weight excluding hydrogens is 458 g/mol. The Morgan fingerprint density at radius 3 is 2.33 bits per heavy atom. The van der Waals surface area contributed by atoms with Crippen molar-refractivity contribution in [2.75, 3.05) is 6.54 Å². The molecule has 0 fully saturated rings. The van der Waals surface area contributed by atoms with E-state index in [-0.39, 0.29) is 29.3 Å². The summed E-state index contributed by atoms with van der Waals surface area (Å²) >= 11 is 0. The minimum atomic E-state index is -0.596. The van der Waals surface area contributed by atoms with Crippen LogP contribution in [0.4, 0.5) is 5.69 Å². The Morgan fingerprint density at radius 1 is 1.08 bits per heavy atom. The Labute approximate surface area is 207 Å². The number of nitrogens with zero attached hydrogens (tertiary/aromatic N) is 5. The molecule has 1 aliphatic heterocycles. The molecule has 0 saturated heterocycles. The van der Waals surface area contributed by atoms with Crippen LogP contribution in [0.2, 0.25) is 0 Å². The molecule has 1 aromatic heterocycles. The van der Waals surface area contributed by atoms with Gasteiger partial charge >= 0.3 is 0 Å². The molecule has 1 aliphatic rings. The molecule has 36 heavy (non-hydrogen) atoms. The Balaban J connectivity index is 1.90. The lowest BCUT2D eigenvalue weighted by Crippen LogP contribution is -2.44. The van der Waals surface area contributed by atoms with E-state index in [1.807, 2.05) is 50.2 Å². The van der Waals surface area contributed by atoms with Gasteiger partial charge in [-0.15, -0.1) is 0 Å². The fraction of sp³-hybridized carbons (Fsp3) is 0.185. The average molecular weight is 482 g/mol. The first-order valence-electron chi connectivity index (χ1n) is 11.3. The lowest BCUT2D eigenvalue weighted by Gasteiger charge is -2.28. The Bertz CT molecular complexity index is 1460. The van der Waals surface area contributed by atoms with Crippen LogP contribution in [0.3, 0.4) is 0 Å². The van der Waals surface area contributed by atoms with E-state index in [0.29, 0.717) is 22.4 Å². The van der Waals surface area contributed by atoms with Crippen LogP contribution >= 0.6 is 0 Å². The minimum Gasteiger partial charge on any atom is -0.273 e. The summed E-state index contributed by atoms with van der Waals surface area (Å²) in [5.74, 6) is -1.05. The number of nitriles is 1. The van der Waals surface area contributed by atoms with E-state index in [9.17, 15) is 25.0 Å². The van der Waals surface area contributed by atoms with Crippen molar-refractivity contribution >= 4 is 23.6 Å². The molecule has 0 atom stereocenters. The van der Waals surface area contributed by atoms with Gasteiger partial charge in [-0.25, -0.2) is 4.68 Å². The quantitative estimate of drug-likeness (QED) is 0.218. The first kappa shape index (κ1) is 24.3. The normalized spacial score (nSPS) is 15.1. The van der Waals surface area contributed by atoms with Crippen molar-refractivity contribution in [1.29, 1.82) is 5.26 Å². The second-order valence-electron chi connectivity index (χ2n) is 8.80. The van der Waals surface area contributed by atoms with Gasteiger partial charge in [0.25, 0.3) is 17.5 Å². The van der Waals surface area contributed by atoms with Gasteiger partial charge in [-0.05, 0) is 48.8 Å². The minimum absolute atomic E-state index is 0.0222. The maximum absolute atomic E-state index is 13.4. The summed E-state index contributed by atoms with van der Waals surface area (Å²) in [5.41, 5.74) is 2.85. The van der Waals surface area contributed by atoms with E-state index in [1.165, 1.54) is 12.1 Å².